The lowest BCUT2D eigenvalue weighted by Gasteiger charge is -2.08. The molecule has 13 heavy (non-hydrogen) atoms. The smallest absolute Gasteiger partial charge is 0.119 e. The summed E-state index contributed by atoms with van der Waals surface area (Å²) in [6, 6.07) is 6.37. The molecule has 1 rings (SSSR count). The van der Waals surface area contributed by atoms with E-state index in [-0.39, 0.29) is 0 Å². The monoisotopic (exact) mass is 178 g/mol. The Balaban J connectivity index is 2.95. The summed E-state index contributed by atoms with van der Waals surface area (Å²) in [5.41, 5.74) is 2.88. The predicted octanol–water partition coefficient (Wildman–Crippen LogP) is 3.21. The third-order valence-corrected chi connectivity index (χ3v) is 2.31. The van der Waals surface area contributed by atoms with Crippen molar-refractivity contribution >= 4 is 0 Å². The molecule has 0 amide bonds. The zero-order chi connectivity index (χ0) is 9.68. The number of benzene rings is 1. The average Bonchev–Trinajstić information content (AvgIpc) is 2.18. The van der Waals surface area contributed by atoms with Gasteiger partial charge in [-0.25, -0.2) is 0 Å². The van der Waals surface area contributed by atoms with Gasteiger partial charge in [0, 0.05) is 0 Å². The minimum absolute atomic E-state index is 0.973. The average molecular weight is 178 g/mol. The van der Waals surface area contributed by atoms with E-state index in [2.05, 4.69) is 26.0 Å². The van der Waals surface area contributed by atoms with Gasteiger partial charge >= 0.3 is 0 Å². The molecule has 0 spiro atoms. The van der Waals surface area contributed by atoms with E-state index in [1.807, 2.05) is 6.07 Å². The quantitative estimate of drug-likeness (QED) is 0.688. The van der Waals surface area contributed by atoms with Crippen molar-refractivity contribution in [2.75, 3.05) is 7.11 Å². The maximum Gasteiger partial charge on any atom is 0.119 e. The molecule has 0 N–H and O–H groups in total. The molecular weight excluding hydrogens is 160 g/mol. The first-order chi connectivity index (χ1) is 6.31. The fourth-order valence-corrected chi connectivity index (χ4v) is 1.58. The minimum atomic E-state index is 0.973. The van der Waals surface area contributed by atoms with Crippen LogP contribution in [0.4, 0.5) is 0 Å². The van der Waals surface area contributed by atoms with Crippen LogP contribution in [0.25, 0.3) is 0 Å². The van der Waals surface area contributed by atoms with Gasteiger partial charge in [0.1, 0.15) is 5.75 Å². The van der Waals surface area contributed by atoms with Crippen LogP contribution in [0.3, 0.4) is 0 Å². The summed E-state index contributed by atoms with van der Waals surface area (Å²) in [5, 5.41) is 0. The first kappa shape index (κ1) is 10.1. The van der Waals surface area contributed by atoms with Crippen molar-refractivity contribution in [2.45, 2.75) is 33.1 Å². The van der Waals surface area contributed by atoms with Crippen molar-refractivity contribution in [1.29, 1.82) is 0 Å². The molecule has 1 heteroatoms. The van der Waals surface area contributed by atoms with Crippen molar-refractivity contribution in [3.05, 3.63) is 29.3 Å². The second-order valence-electron chi connectivity index (χ2n) is 3.24. The topological polar surface area (TPSA) is 9.23 Å². The Morgan fingerprint density at radius 3 is 2.46 bits per heavy atom. The lowest BCUT2D eigenvalue weighted by atomic mass is 10.0. The predicted molar refractivity (Wildman–Crippen MR) is 56.4 cm³/mol. The van der Waals surface area contributed by atoms with E-state index in [0.29, 0.717) is 0 Å². The van der Waals surface area contributed by atoms with Crippen LogP contribution in [0.1, 0.15) is 31.4 Å². The van der Waals surface area contributed by atoms with E-state index >= 15 is 0 Å². The summed E-state index contributed by atoms with van der Waals surface area (Å²) in [5.74, 6) is 0.973. The Morgan fingerprint density at radius 2 is 1.92 bits per heavy atom. The van der Waals surface area contributed by atoms with Crippen LogP contribution in [0, 0.1) is 0 Å². The molecule has 72 valence electrons. The number of methoxy groups -OCH3 is 1. The van der Waals surface area contributed by atoms with Gasteiger partial charge in [-0.15, -0.1) is 0 Å². The third kappa shape index (κ3) is 2.48. The van der Waals surface area contributed by atoms with E-state index in [4.69, 9.17) is 4.74 Å². The van der Waals surface area contributed by atoms with E-state index in [0.717, 1.165) is 18.6 Å². The van der Waals surface area contributed by atoms with Gasteiger partial charge < -0.3 is 4.74 Å². The Bertz CT molecular complexity index is 266. The molecule has 1 aromatic rings. The largest absolute Gasteiger partial charge is 0.497 e. The second-order valence-corrected chi connectivity index (χ2v) is 3.24. The highest BCUT2D eigenvalue weighted by Gasteiger charge is 2.01. The molecule has 0 aromatic heterocycles. The van der Waals surface area contributed by atoms with Crippen molar-refractivity contribution < 1.29 is 4.74 Å². The molecule has 0 fully saturated rings. The summed E-state index contributed by atoms with van der Waals surface area (Å²) in [7, 11) is 1.72. The standard InChI is InChI=1S/C12H18O/c1-4-6-11-9-12(13-3)8-7-10(11)5-2/h7-9H,4-6H2,1-3H3. The molecule has 0 saturated carbocycles. The lowest BCUT2D eigenvalue weighted by Crippen LogP contribution is -1.93. The van der Waals surface area contributed by atoms with Gasteiger partial charge in [0.05, 0.1) is 7.11 Å². The summed E-state index contributed by atoms with van der Waals surface area (Å²) in [6.45, 7) is 4.40. The molecule has 0 unspecified atom stereocenters. The van der Waals surface area contributed by atoms with Crippen LogP contribution in [0.15, 0.2) is 18.2 Å². The fraction of sp³-hybridized carbons (Fsp3) is 0.500. The van der Waals surface area contributed by atoms with Crippen molar-refractivity contribution in [3.8, 4) is 5.75 Å². The highest BCUT2D eigenvalue weighted by Crippen LogP contribution is 2.19. The van der Waals surface area contributed by atoms with Gasteiger partial charge in [-0.05, 0) is 36.1 Å². The van der Waals surface area contributed by atoms with E-state index in [1.54, 1.807) is 7.11 Å². The van der Waals surface area contributed by atoms with Gasteiger partial charge in [-0.2, -0.15) is 0 Å². The lowest BCUT2D eigenvalue weighted by molar-refractivity contribution is 0.414. The van der Waals surface area contributed by atoms with Crippen LogP contribution in [0.2, 0.25) is 0 Å². The molecule has 0 aliphatic carbocycles. The zero-order valence-corrected chi connectivity index (χ0v) is 8.76. The summed E-state index contributed by atoms with van der Waals surface area (Å²) < 4.78 is 5.20. The minimum Gasteiger partial charge on any atom is -0.497 e. The number of rotatable bonds is 4. The molecular formula is C12H18O. The van der Waals surface area contributed by atoms with Crippen LogP contribution in [-0.4, -0.2) is 7.11 Å². The number of aryl methyl sites for hydroxylation is 2. The third-order valence-electron chi connectivity index (χ3n) is 2.31. The summed E-state index contributed by atoms with van der Waals surface area (Å²) in [4.78, 5) is 0. The highest BCUT2D eigenvalue weighted by molar-refractivity contribution is 5.35. The molecule has 0 heterocycles. The maximum atomic E-state index is 5.20. The fourth-order valence-electron chi connectivity index (χ4n) is 1.58. The molecule has 0 saturated heterocycles. The zero-order valence-electron chi connectivity index (χ0n) is 8.76. The van der Waals surface area contributed by atoms with Gasteiger partial charge in [0.2, 0.25) is 0 Å². The van der Waals surface area contributed by atoms with Crippen LogP contribution in [0.5, 0.6) is 5.75 Å². The molecule has 1 nitrogen and oxygen atoms in total. The second kappa shape index (κ2) is 4.90. The molecule has 0 aliphatic rings. The van der Waals surface area contributed by atoms with E-state index in [9.17, 15) is 0 Å². The number of hydrogen-bond acceptors (Lipinski definition) is 1. The molecule has 0 aliphatic heterocycles. The summed E-state index contributed by atoms with van der Waals surface area (Å²) in [6.07, 6.45) is 3.46. The van der Waals surface area contributed by atoms with Gasteiger partial charge in [0.15, 0.2) is 0 Å². The number of hydrogen-bond donors (Lipinski definition) is 0. The Kier molecular flexibility index (Phi) is 3.81. The van der Waals surface area contributed by atoms with Crippen molar-refractivity contribution in [2.24, 2.45) is 0 Å². The van der Waals surface area contributed by atoms with Gasteiger partial charge in [-0.3, -0.25) is 0 Å². The Labute approximate surface area is 80.7 Å². The van der Waals surface area contributed by atoms with Crippen molar-refractivity contribution in [1.82, 2.24) is 0 Å². The van der Waals surface area contributed by atoms with Crippen molar-refractivity contribution in [3.63, 3.8) is 0 Å². The Morgan fingerprint density at radius 1 is 1.15 bits per heavy atom. The van der Waals surface area contributed by atoms with Crippen LogP contribution < -0.4 is 4.74 Å². The first-order valence-electron chi connectivity index (χ1n) is 4.97. The molecule has 1 aromatic carbocycles. The van der Waals surface area contributed by atoms with Crippen LogP contribution >= 0.6 is 0 Å². The SMILES string of the molecule is CCCc1cc(OC)ccc1CC. The van der Waals surface area contributed by atoms with Crippen LogP contribution in [-0.2, 0) is 12.8 Å². The van der Waals surface area contributed by atoms with E-state index < -0.39 is 0 Å². The summed E-state index contributed by atoms with van der Waals surface area (Å²) >= 11 is 0. The van der Waals surface area contributed by atoms with Gasteiger partial charge in [0.25, 0.3) is 0 Å². The molecule has 0 atom stereocenters. The first-order valence-corrected chi connectivity index (χ1v) is 4.97. The highest BCUT2D eigenvalue weighted by atomic mass is 16.5. The number of ether oxygens (including phenoxy) is 1. The maximum absolute atomic E-state index is 5.20. The van der Waals surface area contributed by atoms with Gasteiger partial charge in [-0.1, -0.05) is 26.3 Å². The molecule has 0 bridgehead atoms. The Hall–Kier alpha value is -0.980. The van der Waals surface area contributed by atoms with E-state index in [1.165, 1.54) is 17.5 Å². The molecule has 0 radical (unpaired) electrons. The normalized spacial score (nSPS) is 10.1.